The van der Waals surface area contributed by atoms with E-state index in [1.807, 2.05) is 60.7 Å². The van der Waals surface area contributed by atoms with Crippen LogP contribution in [0.1, 0.15) is 44.1 Å². The third-order valence-electron chi connectivity index (χ3n) is 5.94. The Morgan fingerprint density at radius 3 is 1.84 bits per heavy atom. The molecule has 5 nitrogen and oxygen atoms in total. The molecule has 0 bridgehead atoms. The topological polar surface area (TPSA) is 54.0 Å². The van der Waals surface area contributed by atoms with E-state index in [0.717, 1.165) is 11.1 Å². The highest BCUT2D eigenvalue weighted by Gasteiger charge is 2.41. The molecule has 31 heavy (non-hydrogen) atoms. The van der Waals surface area contributed by atoms with Crippen LogP contribution in [0, 0.1) is 0 Å². The van der Waals surface area contributed by atoms with Gasteiger partial charge >= 0.3 is 5.97 Å². The maximum atomic E-state index is 12.8. The van der Waals surface area contributed by atoms with Crippen molar-refractivity contribution in [2.45, 2.75) is 57.2 Å². The summed E-state index contributed by atoms with van der Waals surface area (Å²) in [5.74, 6) is -0.449. The van der Waals surface area contributed by atoms with Gasteiger partial charge in [0.1, 0.15) is 12.7 Å². The van der Waals surface area contributed by atoms with Crippen LogP contribution in [-0.4, -0.2) is 41.2 Å². The zero-order valence-electron chi connectivity index (χ0n) is 19.8. The first kappa shape index (κ1) is 25.3. The molecule has 0 heterocycles. The summed E-state index contributed by atoms with van der Waals surface area (Å²) >= 11 is 0. The number of benzene rings is 2. The van der Waals surface area contributed by atoms with Gasteiger partial charge in [-0.25, -0.2) is 4.79 Å². The second-order valence-electron chi connectivity index (χ2n) is 9.14. The van der Waals surface area contributed by atoms with Crippen LogP contribution in [0.5, 0.6) is 0 Å². The standard InChI is InChI=1S/C25H36O5Si/c1-25(2,3)31(6,7)30-22(19-14-10-8-11-15-19)21(27-4)18-29-24(26)23(28-5)20-16-12-9-13-17-20/h8-17,21-23H,18H2,1-7H3/t21-,22+,23+/m1/s1. The molecular weight excluding hydrogens is 408 g/mol. The second-order valence-corrected chi connectivity index (χ2v) is 13.9. The lowest BCUT2D eigenvalue weighted by atomic mass is 10.0. The van der Waals surface area contributed by atoms with Crippen LogP contribution in [0.3, 0.4) is 0 Å². The van der Waals surface area contributed by atoms with E-state index in [-0.39, 0.29) is 17.7 Å². The Hall–Kier alpha value is -1.99. The molecule has 170 valence electrons. The average Bonchev–Trinajstić information content (AvgIpc) is 2.74. The Bertz CT molecular complexity index is 802. The molecule has 6 heteroatoms. The van der Waals surface area contributed by atoms with Crippen molar-refractivity contribution >= 4 is 14.3 Å². The van der Waals surface area contributed by atoms with Gasteiger partial charge < -0.3 is 18.6 Å². The van der Waals surface area contributed by atoms with Crippen LogP contribution in [-0.2, 0) is 23.4 Å². The van der Waals surface area contributed by atoms with Gasteiger partial charge in [0, 0.05) is 14.2 Å². The number of carbonyl (C=O) groups excluding carboxylic acids is 1. The van der Waals surface area contributed by atoms with Gasteiger partial charge in [-0.1, -0.05) is 81.4 Å². The van der Waals surface area contributed by atoms with Gasteiger partial charge in [-0.3, -0.25) is 0 Å². The molecule has 0 saturated carbocycles. The number of hydrogen-bond acceptors (Lipinski definition) is 5. The lowest BCUT2D eigenvalue weighted by Gasteiger charge is -2.41. The zero-order valence-corrected chi connectivity index (χ0v) is 20.8. The van der Waals surface area contributed by atoms with E-state index in [4.69, 9.17) is 18.6 Å². The molecule has 0 saturated heterocycles. The summed E-state index contributed by atoms with van der Waals surface area (Å²) in [6.07, 6.45) is -1.58. The van der Waals surface area contributed by atoms with Gasteiger partial charge in [-0.15, -0.1) is 0 Å². The highest BCUT2D eigenvalue weighted by Crippen LogP contribution is 2.41. The first-order chi connectivity index (χ1) is 14.6. The summed E-state index contributed by atoms with van der Waals surface area (Å²) < 4.78 is 23.6. The van der Waals surface area contributed by atoms with E-state index in [1.165, 1.54) is 7.11 Å². The minimum absolute atomic E-state index is 0.0312. The van der Waals surface area contributed by atoms with Crippen molar-refractivity contribution in [1.29, 1.82) is 0 Å². The van der Waals surface area contributed by atoms with E-state index >= 15 is 0 Å². The van der Waals surface area contributed by atoms with E-state index in [1.54, 1.807) is 7.11 Å². The summed E-state index contributed by atoms with van der Waals surface area (Å²) in [6, 6.07) is 19.3. The smallest absolute Gasteiger partial charge is 0.340 e. The van der Waals surface area contributed by atoms with Crippen molar-refractivity contribution in [2.75, 3.05) is 20.8 Å². The number of hydrogen-bond donors (Lipinski definition) is 0. The Morgan fingerprint density at radius 2 is 1.39 bits per heavy atom. The lowest BCUT2D eigenvalue weighted by Crippen LogP contribution is -2.45. The van der Waals surface area contributed by atoms with E-state index < -0.39 is 26.5 Å². The molecule has 0 radical (unpaired) electrons. The largest absolute Gasteiger partial charge is 0.461 e. The summed E-state index contributed by atoms with van der Waals surface area (Å²) in [6.45, 7) is 11.1. The van der Waals surface area contributed by atoms with E-state index in [0.29, 0.717) is 0 Å². The molecule has 0 spiro atoms. The van der Waals surface area contributed by atoms with Gasteiger partial charge in [0.05, 0.1) is 6.10 Å². The van der Waals surface area contributed by atoms with Gasteiger partial charge in [0.25, 0.3) is 0 Å². The van der Waals surface area contributed by atoms with Gasteiger partial charge in [0.15, 0.2) is 14.4 Å². The molecule has 0 aliphatic carbocycles. The van der Waals surface area contributed by atoms with E-state index in [2.05, 4.69) is 33.9 Å². The molecule has 0 fully saturated rings. The van der Waals surface area contributed by atoms with Gasteiger partial charge in [0.2, 0.25) is 0 Å². The van der Waals surface area contributed by atoms with Crippen LogP contribution < -0.4 is 0 Å². The van der Waals surface area contributed by atoms with Crippen LogP contribution in [0.4, 0.5) is 0 Å². The maximum absolute atomic E-state index is 12.8. The third kappa shape index (κ3) is 6.74. The Balaban J connectivity index is 2.21. The van der Waals surface area contributed by atoms with Gasteiger partial charge in [-0.2, -0.15) is 0 Å². The third-order valence-corrected chi connectivity index (χ3v) is 10.4. The molecule has 0 amide bonds. The molecule has 2 aromatic carbocycles. The fourth-order valence-electron chi connectivity index (χ4n) is 3.01. The molecule has 0 unspecified atom stereocenters. The number of rotatable bonds is 10. The Kier molecular flexibility index (Phi) is 9.00. The highest BCUT2D eigenvalue weighted by molar-refractivity contribution is 6.74. The molecule has 2 aromatic rings. The number of carbonyl (C=O) groups is 1. The van der Waals surface area contributed by atoms with E-state index in [9.17, 15) is 4.79 Å². The highest BCUT2D eigenvalue weighted by atomic mass is 28.4. The van der Waals surface area contributed by atoms with Crippen molar-refractivity contribution in [3.63, 3.8) is 0 Å². The zero-order chi connectivity index (χ0) is 23.1. The van der Waals surface area contributed by atoms with Crippen molar-refractivity contribution in [2.24, 2.45) is 0 Å². The SMILES string of the molecule is CO[C@H](C(=O)OC[C@@H](OC)[C@@H](O[Si](C)(C)C(C)(C)C)c1ccccc1)c1ccccc1. The fourth-order valence-corrected chi connectivity index (χ4v) is 4.29. The normalized spacial score (nSPS) is 15.2. The molecule has 0 aromatic heterocycles. The van der Waals surface area contributed by atoms with Crippen molar-refractivity contribution in [3.8, 4) is 0 Å². The van der Waals surface area contributed by atoms with Crippen LogP contribution in [0.25, 0.3) is 0 Å². The average molecular weight is 445 g/mol. The van der Waals surface area contributed by atoms with Crippen LogP contribution >= 0.6 is 0 Å². The number of ether oxygens (including phenoxy) is 3. The predicted molar refractivity (Wildman–Crippen MR) is 125 cm³/mol. The predicted octanol–water partition coefficient (Wildman–Crippen LogP) is 5.70. The van der Waals surface area contributed by atoms with Crippen LogP contribution in [0.15, 0.2) is 60.7 Å². The molecular formula is C25H36O5Si. The quantitative estimate of drug-likeness (QED) is 0.348. The van der Waals surface area contributed by atoms with Crippen molar-refractivity contribution in [3.05, 3.63) is 71.8 Å². The molecule has 0 aliphatic heterocycles. The lowest BCUT2D eigenvalue weighted by molar-refractivity contribution is -0.162. The Morgan fingerprint density at radius 1 is 0.871 bits per heavy atom. The minimum atomic E-state index is -2.11. The summed E-state index contributed by atoms with van der Waals surface area (Å²) in [7, 11) is 1.01. The second kappa shape index (κ2) is 11.0. The van der Waals surface area contributed by atoms with Gasteiger partial charge in [-0.05, 0) is 29.3 Å². The van der Waals surface area contributed by atoms with Crippen molar-refractivity contribution < 1.29 is 23.4 Å². The molecule has 0 aliphatic rings. The van der Waals surface area contributed by atoms with Crippen LogP contribution in [0.2, 0.25) is 18.1 Å². The number of methoxy groups -OCH3 is 2. The number of esters is 1. The summed E-state index contributed by atoms with van der Waals surface area (Å²) in [4.78, 5) is 12.8. The fraction of sp³-hybridized carbons (Fsp3) is 0.480. The maximum Gasteiger partial charge on any atom is 0.340 e. The Labute approximate surface area is 187 Å². The van der Waals surface area contributed by atoms with Crippen molar-refractivity contribution in [1.82, 2.24) is 0 Å². The first-order valence-electron chi connectivity index (χ1n) is 10.6. The first-order valence-corrected chi connectivity index (χ1v) is 13.5. The molecule has 3 atom stereocenters. The summed E-state index contributed by atoms with van der Waals surface area (Å²) in [5.41, 5.74) is 1.75. The molecule has 0 N–H and O–H groups in total. The monoisotopic (exact) mass is 444 g/mol. The summed E-state index contributed by atoms with van der Waals surface area (Å²) in [5, 5.41) is 0.0312. The minimum Gasteiger partial charge on any atom is -0.461 e. The molecule has 2 rings (SSSR count).